The van der Waals surface area contributed by atoms with Crippen LogP contribution in [0.2, 0.25) is 0 Å². The van der Waals surface area contributed by atoms with E-state index >= 15 is 0 Å². The molecule has 0 bridgehead atoms. The fourth-order valence-electron chi connectivity index (χ4n) is 5.59. The summed E-state index contributed by atoms with van der Waals surface area (Å²) >= 11 is 0. The molecule has 4 rings (SSSR count). The maximum absolute atomic E-state index is 6.16. The van der Waals surface area contributed by atoms with E-state index in [1.165, 1.54) is 43.4 Å². The van der Waals surface area contributed by atoms with Gasteiger partial charge in [-0.3, -0.25) is 4.99 Å². The average Bonchev–Trinajstić information content (AvgIpc) is 3.57. The first-order chi connectivity index (χ1) is 22.8. The molecule has 2 aliphatic carbocycles. The highest BCUT2D eigenvalue weighted by atomic mass is 16.5. The number of rotatable bonds is 16. The Kier molecular flexibility index (Phi) is 20.5. The van der Waals surface area contributed by atoms with E-state index in [1.54, 1.807) is 0 Å². The van der Waals surface area contributed by atoms with Crippen LogP contribution >= 0.6 is 0 Å². The molecule has 6 nitrogen and oxygen atoms in total. The summed E-state index contributed by atoms with van der Waals surface area (Å²) in [5.74, 6) is 2.22. The normalized spacial score (nSPS) is 18.2. The molecule has 2 aromatic rings. The number of nitrogens with zero attached hydrogens (tertiary/aromatic N) is 2. The quantitative estimate of drug-likeness (QED) is 0.134. The van der Waals surface area contributed by atoms with Gasteiger partial charge in [0.15, 0.2) is 5.76 Å². The second-order valence-electron chi connectivity index (χ2n) is 13.2. The fourth-order valence-corrected chi connectivity index (χ4v) is 5.59. The van der Waals surface area contributed by atoms with E-state index in [2.05, 4.69) is 96.8 Å². The number of allylic oxidation sites excluding steroid dienone is 2. The Morgan fingerprint density at radius 2 is 1.51 bits per heavy atom. The summed E-state index contributed by atoms with van der Waals surface area (Å²) in [6, 6.07) is 6.29. The largest absolute Gasteiger partial charge is 0.436 e. The van der Waals surface area contributed by atoms with Crippen LogP contribution < -0.4 is 0 Å². The topological polar surface area (TPSA) is 66.1 Å². The van der Waals surface area contributed by atoms with Crippen LogP contribution in [0.15, 0.2) is 52.0 Å². The van der Waals surface area contributed by atoms with Crippen LogP contribution in [-0.2, 0) is 14.2 Å². The second-order valence-corrected chi connectivity index (χ2v) is 13.2. The van der Waals surface area contributed by atoms with Crippen LogP contribution in [0.5, 0.6) is 0 Å². The summed E-state index contributed by atoms with van der Waals surface area (Å²) in [4.78, 5) is 9.56. The Hall–Kier alpha value is -2.54. The van der Waals surface area contributed by atoms with Gasteiger partial charge in [-0.2, -0.15) is 0 Å². The molecule has 1 aromatic carbocycles. The molecule has 1 aromatic heterocycles. The van der Waals surface area contributed by atoms with E-state index in [0.29, 0.717) is 5.89 Å². The monoisotopic (exact) mass is 651 g/mol. The van der Waals surface area contributed by atoms with Gasteiger partial charge in [-0.25, -0.2) is 4.98 Å². The SMILES string of the molecule is CCCOC1(C)C=CC(c2cnc(-c3ccc(C)c(N=C(C)CC4CCCCC4)c3)o2)=CC1.CCCOCCC.CCCOCCC. The summed E-state index contributed by atoms with van der Waals surface area (Å²) in [7, 11) is 0. The summed E-state index contributed by atoms with van der Waals surface area (Å²) in [6.07, 6.45) is 22.6. The zero-order valence-electron chi connectivity index (χ0n) is 31.2. The first kappa shape index (κ1) is 40.6. The number of ether oxygens (including phenoxy) is 3. The first-order valence-electron chi connectivity index (χ1n) is 18.6. The first-order valence-corrected chi connectivity index (χ1v) is 18.6. The van der Waals surface area contributed by atoms with Gasteiger partial charge in [0.05, 0.1) is 17.5 Å². The molecule has 264 valence electrons. The Morgan fingerprint density at radius 1 is 0.894 bits per heavy atom. The van der Waals surface area contributed by atoms with Crippen LogP contribution in [0.4, 0.5) is 5.69 Å². The highest BCUT2D eigenvalue weighted by Crippen LogP contribution is 2.33. The lowest BCUT2D eigenvalue weighted by atomic mass is 9.86. The number of oxazole rings is 1. The molecular formula is C41H66N2O4. The maximum atomic E-state index is 6.16. The van der Waals surface area contributed by atoms with Crippen LogP contribution in [0.25, 0.3) is 17.0 Å². The summed E-state index contributed by atoms with van der Waals surface area (Å²) < 4.78 is 22.4. The van der Waals surface area contributed by atoms with Gasteiger partial charge in [-0.15, -0.1) is 0 Å². The Labute approximate surface area is 287 Å². The van der Waals surface area contributed by atoms with Crippen LogP contribution in [-0.4, -0.2) is 49.3 Å². The number of aryl methyl sites for hydroxylation is 1. The Bertz CT molecular complexity index is 1190. The minimum absolute atomic E-state index is 0.234. The number of aromatic nitrogens is 1. The molecule has 1 fully saturated rings. The molecule has 1 atom stereocenters. The van der Waals surface area contributed by atoms with Gasteiger partial charge in [-0.05, 0) is 89.3 Å². The van der Waals surface area contributed by atoms with Crippen molar-refractivity contribution in [2.45, 2.75) is 138 Å². The number of hydrogen-bond acceptors (Lipinski definition) is 6. The molecule has 2 aliphatic rings. The number of hydrogen-bond donors (Lipinski definition) is 0. The van der Waals surface area contributed by atoms with E-state index in [1.807, 2.05) is 6.20 Å². The molecule has 6 heteroatoms. The predicted molar refractivity (Wildman–Crippen MR) is 200 cm³/mol. The Balaban J connectivity index is 0.000000459. The lowest BCUT2D eigenvalue weighted by molar-refractivity contribution is 0.00759. The van der Waals surface area contributed by atoms with Gasteiger partial charge in [0.1, 0.15) is 0 Å². The van der Waals surface area contributed by atoms with Crippen molar-refractivity contribution in [3.05, 3.63) is 53.9 Å². The Morgan fingerprint density at radius 3 is 2.06 bits per heavy atom. The standard InChI is InChI=1S/C29H38N2O2.2C6H14O/c1-5-17-32-29(4)15-13-24(14-16-29)27-20-30-28(33-27)25-12-11-21(2)26(19-25)31-22(3)18-23-9-7-6-8-10-23;2*1-3-5-7-6-4-2/h11-15,19-20,23H,5-10,16-18H2,1-4H3;2*3-6H2,1-2H3. The van der Waals surface area contributed by atoms with E-state index in [0.717, 1.165) is 106 Å². The number of benzene rings is 1. The maximum Gasteiger partial charge on any atom is 0.226 e. The minimum atomic E-state index is -0.234. The lowest BCUT2D eigenvalue weighted by Gasteiger charge is -2.28. The molecule has 0 N–H and O–H groups in total. The van der Waals surface area contributed by atoms with E-state index in [-0.39, 0.29) is 5.60 Å². The van der Waals surface area contributed by atoms with Gasteiger partial charge in [0.25, 0.3) is 0 Å². The third-order valence-electron chi connectivity index (χ3n) is 8.24. The van der Waals surface area contributed by atoms with Crippen molar-refractivity contribution < 1.29 is 18.6 Å². The van der Waals surface area contributed by atoms with Gasteiger partial charge in [-0.1, -0.05) is 91.0 Å². The lowest BCUT2D eigenvalue weighted by Crippen LogP contribution is -2.27. The highest BCUT2D eigenvalue weighted by molar-refractivity contribution is 5.85. The molecule has 0 spiro atoms. The molecule has 1 saturated carbocycles. The van der Waals surface area contributed by atoms with Gasteiger partial charge >= 0.3 is 0 Å². The van der Waals surface area contributed by atoms with Crippen molar-refractivity contribution >= 4 is 17.0 Å². The smallest absolute Gasteiger partial charge is 0.226 e. The average molecular weight is 651 g/mol. The van der Waals surface area contributed by atoms with Crippen LogP contribution in [0.3, 0.4) is 0 Å². The molecule has 1 unspecified atom stereocenters. The highest BCUT2D eigenvalue weighted by Gasteiger charge is 2.24. The molecule has 1 heterocycles. The minimum Gasteiger partial charge on any atom is -0.436 e. The summed E-state index contributed by atoms with van der Waals surface area (Å²) in [6.45, 7) is 21.5. The van der Waals surface area contributed by atoms with E-state index in [9.17, 15) is 0 Å². The third kappa shape index (κ3) is 15.9. The molecule has 47 heavy (non-hydrogen) atoms. The van der Waals surface area contributed by atoms with Crippen molar-refractivity contribution in [2.75, 3.05) is 33.0 Å². The summed E-state index contributed by atoms with van der Waals surface area (Å²) in [5.41, 5.74) is 5.20. The molecule has 0 radical (unpaired) electrons. The number of aliphatic imine (C=N–C) groups is 1. The fraction of sp³-hybridized carbons (Fsp3) is 0.659. The molecule has 0 saturated heterocycles. The van der Waals surface area contributed by atoms with E-state index < -0.39 is 0 Å². The van der Waals surface area contributed by atoms with Crippen molar-refractivity contribution in [2.24, 2.45) is 10.9 Å². The zero-order chi connectivity index (χ0) is 34.3. The van der Waals surface area contributed by atoms with Gasteiger partial charge < -0.3 is 18.6 Å². The van der Waals surface area contributed by atoms with Crippen molar-refractivity contribution in [1.29, 1.82) is 0 Å². The zero-order valence-corrected chi connectivity index (χ0v) is 31.2. The van der Waals surface area contributed by atoms with Gasteiger partial charge in [0, 0.05) is 49.9 Å². The second kappa shape index (κ2) is 23.7. The van der Waals surface area contributed by atoms with Crippen LogP contribution in [0.1, 0.15) is 137 Å². The predicted octanol–water partition coefficient (Wildman–Crippen LogP) is 11.9. The van der Waals surface area contributed by atoms with Gasteiger partial charge in [0.2, 0.25) is 5.89 Å². The van der Waals surface area contributed by atoms with E-state index in [4.69, 9.17) is 23.6 Å². The molecule has 0 amide bonds. The van der Waals surface area contributed by atoms with Crippen LogP contribution in [0, 0.1) is 12.8 Å². The molecule has 0 aliphatic heterocycles. The summed E-state index contributed by atoms with van der Waals surface area (Å²) in [5, 5.41) is 0. The molecular weight excluding hydrogens is 584 g/mol. The van der Waals surface area contributed by atoms with Crippen molar-refractivity contribution in [1.82, 2.24) is 4.98 Å². The van der Waals surface area contributed by atoms with Crippen molar-refractivity contribution in [3.8, 4) is 11.5 Å². The van der Waals surface area contributed by atoms with Crippen molar-refractivity contribution in [3.63, 3.8) is 0 Å². The third-order valence-corrected chi connectivity index (χ3v) is 8.24.